The SMILES string of the molecule is O=C(CCc1cccs1)N[C@H](CN1CCCC1=O)c1ccccc1. The van der Waals surface area contributed by atoms with Gasteiger partial charge in [0.2, 0.25) is 11.8 Å². The van der Waals surface area contributed by atoms with Crippen molar-refractivity contribution in [3.63, 3.8) is 0 Å². The molecule has 4 nitrogen and oxygen atoms in total. The maximum absolute atomic E-state index is 12.4. The number of carbonyl (C=O) groups is 2. The van der Waals surface area contributed by atoms with Crippen molar-refractivity contribution in [1.82, 2.24) is 10.2 Å². The molecule has 0 radical (unpaired) electrons. The second-order valence-corrected chi connectivity index (χ2v) is 7.09. The van der Waals surface area contributed by atoms with Crippen LogP contribution in [0.5, 0.6) is 0 Å². The summed E-state index contributed by atoms with van der Waals surface area (Å²) >= 11 is 1.67. The molecule has 3 rings (SSSR count). The Kier molecular flexibility index (Phi) is 5.64. The minimum Gasteiger partial charge on any atom is -0.347 e. The molecule has 2 aromatic rings. The summed E-state index contributed by atoms with van der Waals surface area (Å²) < 4.78 is 0. The molecule has 2 amide bonds. The fourth-order valence-corrected chi connectivity index (χ4v) is 3.70. The maximum Gasteiger partial charge on any atom is 0.222 e. The van der Waals surface area contributed by atoms with E-state index in [1.165, 1.54) is 4.88 Å². The van der Waals surface area contributed by atoms with Crippen LogP contribution >= 0.6 is 11.3 Å². The van der Waals surface area contributed by atoms with Gasteiger partial charge in [0.15, 0.2) is 0 Å². The Bertz CT molecular complexity index is 670. The number of thiophene rings is 1. The van der Waals surface area contributed by atoms with Gasteiger partial charge in [-0.2, -0.15) is 0 Å². The second-order valence-electron chi connectivity index (χ2n) is 6.05. The van der Waals surface area contributed by atoms with E-state index < -0.39 is 0 Å². The molecule has 1 atom stereocenters. The topological polar surface area (TPSA) is 49.4 Å². The van der Waals surface area contributed by atoms with E-state index in [9.17, 15) is 9.59 Å². The van der Waals surface area contributed by atoms with Gasteiger partial charge >= 0.3 is 0 Å². The Morgan fingerprint density at radius 3 is 2.71 bits per heavy atom. The predicted octanol–water partition coefficient (Wildman–Crippen LogP) is 3.16. The largest absolute Gasteiger partial charge is 0.347 e. The number of amides is 2. The smallest absolute Gasteiger partial charge is 0.222 e. The average molecular weight is 342 g/mol. The Labute approximate surface area is 146 Å². The highest BCUT2D eigenvalue weighted by Gasteiger charge is 2.25. The molecule has 1 aromatic heterocycles. The third kappa shape index (κ3) is 4.45. The van der Waals surface area contributed by atoms with E-state index in [2.05, 4.69) is 11.4 Å². The van der Waals surface area contributed by atoms with E-state index in [1.807, 2.05) is 46.7 Å². The zero-order valence-corrected chi connectivity index (χ0v) is 14.4. The van der Waals surface area contributed by atoms with Crippen LogP contribution in [0.3, 0.4) is 0 Å². The first-order valence-electron chi connectivity index (χ1n) is 8.37. The van der Waals surface area contributed by atoms with Crippen LogP contribution in [-0.2, 0) is 16.0 Å². The zero-order chi connectivity index (χ0) is 16.8. The van der Waals surface area contributed by atoms with Crippen LogP contribution in [-0.4, -0.2) is 29.8 Å². The molecule has 0 aliphatic carbocycles. The number of likely N-dealkylation sites (tertiary alicyclic amines) is 1. The highest BCUT2D eigenvalue weighted by atomic mass is 32.1. The monoisotopic (exact) mass is 342 g/mol. The lowest BCUT2D eigenvalue weighted by Gasteiger charge is -2.25. The van der Waals surface area contributed by atoms with Crippen LogP contribution in [0.1, 0.15) is 35.7 Å². The molecule has 1 saturated heterocycles. The van der Waals surface area contributed by atoms with Gasteiger partial charge < -0.3 is 10.2 Å². The third-order valence-electron chi connectivity index (χ3n) is 4.29. The molecular formula is C19H22N2O2S. The average Bonchev–Trinajstić information content (AvgIpc) is 3.25. The van der Waals surface area contributed by atoms with Crippen molar-refractivity contribution in [1.29, 1.82) is 0 Å². The van der Waals surface area contributed by atoms with Gasteiger partial charge in [-0.3, -0.25) is 9.59 Å². The summed E-state index contributed by atoms with van der Waals surface area (Å²) in [7, 11) is 0. The summed E-state index contributed by atoms with van der Waals surface area (Å²) in [4.78, 5) is 27.4. The van der Waals surface area contributed by atoms with E-state index in [-0.39, 0.29) is 17.9 Å². The predicted molar refractivity (Wildman–Crippen MR) is 95.8 cm³/mol. The highest BCUT2D eigenvalue weighted by molar-refractivity contribution is 7.09. The van der Waals surface area contributed by atoms with Gasteiger partial charge in [-0.15, -0.1) is 11.3 Å². The van der Waals surface area contributed by atoms with Crippen molar-refractivity contribution < 1.29 is 9.59 Å². The third-order valence-corrected chi connectivity index (χ3v) is 5.23. The lowest BCUT2D eigenvalue weighted by molar-refractivity contribution is -0.129. The number of hydrogen-bond acceptors (Lipinski definition) is 3. The molecule has 1 aliphatic heterocycles. The van der Waals surface area contributed by atoms with Gasteiger partial charge in [-0.25, -0.2) is 0 Å². The standard InChI is InChI=1S/C19H22N2O2S/c22-18(11-10-16-8-5-13-24-16)20-17(15-6-2-1-3-7-15)14-21-12-4-9-19(21)23/h1-3,5-8,13,17H,4,9-12,14H2,(H,20,22)/t17-/m1/s1. The minimum absolute atomic E-state index is 0.0314. The van der Waals surface area contributed by atoms with Gasteiger partial charge in [0.1, 0.15) is 0 Å². The number of hydrogen-bond donors (Lipinski definition) is 1. The molecule has 5 heteroatoms. The summed E-state index contributed by atoms with van der Waals surface area (Å²) in [5, 5.41) is 5.14. The highest BCUT2D eigenvalue weighted by Crippen LogP contribution is 2.19. The van der Waals surface area contributed by atoms with Crippen LogP contribution in [0.4, 0.5) is 0 Å². The van der Waals surface area contributed by atoms with Crippen molar-refractivity contribution >= 4 is 23.2 Å². The first-order chi connectivity index (χ1) is 11.7. The van der Waals surface area contributed by atoms with Gasteiger partial charge in [0, 0.05) is 30.8 Å². The molecule has 1 aromatic carbocycles. The summed E-state index contributed by atoms with van der Waals surface area (Å²) in [5.74, 6) is 0.215. The normalized spacial score (nSPS) is 15.5. The van der Waals surface area contributed by atoms with Crippen LogP contribution in [0.15, 0.2) is 47.8 Å². The van der Waals surface area contributed by atoms with E-state index in [1.54, 1.807) is 11.3 Å². The number of carbonyl (C=O) groups excluding carboxylic acids is 2. The molecule has 0 bridgehead atoms. The molecule has 1 aliphatic rings. The maximum atomic E-state index is 12.4. The number of rotatable bonds is 7. The lowest BCUT2D eigenvalue weighted by atomic mass is 10.1. The first kappa shape index (κ1) is 16.7. The summed E-state index contributed by atoms with van der Waals surface area (Å²) in [6.07, 6.45) is 2.76. The molecular weight excluding hydrogens is 320 g/mol. The van der Waals surface area contributed by atoms with Crippen LogP contribution in [0.25, 0.3) is 0 Å². The molecule has 0 saturated carbocycles. The van der Waals surface area contributed by atoms with E-state index in [0.717, 1.165) is 24.9 Å². The summed E-state index contributed by atoms with van der Waals surface area (Å²) in [6.45, 7) is 1.33. The Morgan fingerprint density at radius 1 is 1.21 bits per heavy atom. The number of nitrogens with zero attached hydrogens (tertiary/aromatic N) is 1. The van der Waals surface area contributed by atoms with Crippen molar-refractivity contribution in [3.8, 4) is 0 Å². The van der Waals surface area contributed by atoms with Crippen LogP contribution in [0, 0.1) is 0 Å². The van der Waals surface area contributed by atoms with Gasteiger partial charge in [0.25, 0.3) is 0 Å². The molecule has 126 valence electrons. The number of benzene rings is 1. The fraction of sp³-hybridized carbons (Fsp3) is 0.368. The Morgan fingerprint density at radius 2 is 2.04 bits per heavy atom. The lowest BCUT2D eigenvalue weighted by Crippen LogP contribution is -2.38. The summed E-state index contributed by atoms with van der Waals surface area (Å²) in [5.41, 5.74) is 1.04. The fourth-order valence-electron chi connectivity index (χ4n) is 3.00. The van der Waals surface area contributed by atoms with E-state index >= 15 is 0 Å². The van der Waals surface area contributed by atoms with E-state index in [4.69, 9.17) is 0 Å². The Hall–Kier alpha value is -2.14. The minimum atomic E-state index is -0.149. The second kappa shape index (κ2) is 8.11. The van der Waals surface area contributed by atoms with Crippen LogP contribution in [0.2, 0.25) is 0 Å². The molecule has 1 N–H and O–H groups in total. The quantitative estimate of drug-likeness (QED) is 0.840. The van der Waals surface area contributed by atoms with Gasteiger partial charge in [0.05, 0.1) is 6.04 Å². The van der Waals surface area contributed by atoms with E-state index in [0.29, 0.717) is 19.4 Å². The molecule has 24 heavy (non-hydrogen) atoms. The van der Waals surface area contributed by atoms with Crippen molar-refractivity contribution in [2.45, 2.75) is 31.7 Å². The molecule has 0 spiro atoms. The summed E-state index contributed by atoms with van der Waals surface area (Å²) in [6, 6.07) is 13.8. The molecule has 2 heterocycles. The van der Waals surface area contributed by atoms with Crippen molar-refractivity contribution in [2.75, 3.05) is 13.1 Å². The molecule has 0 unspecified atom stereocenters. The first-order valence-corrected chi connectivity index (χ1v) is 9.25. The van der Waals surface area contributed by atoms with Gasteiger partial charge in [-0.05, 0) is 29.9 Å². The van der Waals surface area contributed by atoms with Gasteiger partial charge in [-0.1, -0.05) is 36.4 Å². The van der Waals surface area contributed by atoms with Crippen molar-refractivity contribution in [3.05, 3.63) is 58.3 Å². The number of aryl methyl sites for hydroxylation is 1. The number of nitrogens with one attached hydrogen (secondary N) is 1. The van der Waals surface area contributed by atoms with Crippen molar-refractivity contribution in [2.24, 2.45) is 0 Å². The Balaban J connectivity index is 1.63. The molecule has 1 fully saturated rings. The van der Waals surface area contributed by atoms with Crippen LogP contribution < -0.4 is 5.32 Å². The zero-order valence-electron chi connectivity index (χ0n) is 13.6.